The molecule has 90 valence electrons. The van der Waals surface area contributed by atoms with Crippen LogP contribution in [-0.4, -0.2) is 13.2 Å². The van der Waals surface area contributed by atoms with Crippen LogP contribution >= 0.6 is 0 Å². The van der Waals surface area contributed by atoms with Gasteiger partial charge in [0.25, 0.3) is 0 Å². The molecule has 0 amide bonds. The van der Waals surface area contributed by atoms with Crippen molar-refractivity contribution in [2.45, 2.75) is 27.2 Å². The molecule has 0 fully saturated rings. The van der Waals surface area contributed by atoms with E-state index in [2.05, 4.69) is 19.2 Å². The van der Waals surface area contributed by atoms with E-state index in [9.17, 15) is 0 Å². The van der Waals surface area contributed by atoms with Gasteiger partial charge in [0, 0.05) is 30.1 Å². The van der Waals surface area contributed by atoms with Crippen LogP contribution in [0.2, 0.25) is 0 Å². The first-order valence-electron chi connectivity index (χ1n) is 5.93. The first-order chi connectivity index (χ1) is 7.65. The van der Waals surface area contributed by atoms with E-state index in [1.807, 2.05) is 25.1 Å². The van der Waals surface area contributed by atoms with E-state index in [1.54, 1.807) is 0 Å². The summed E-state index contributed by atoms with van der Waals surface area (Å²) in [7, 11) is 0. The van der Waals surface area contributed by atoms with Gasteiger partial charge in [-0.1, -0.05) is 20.3 Å². The third-order valence-corrected chi connectivity index (χ3v) is 2.59. The molecule has 3 N–H and O–H groups in total. The lowest BCUT2D eigenvalue weighted by atomic mass is 10.1. The highest BCUT2D eigenvalue weighted by molar-refractivity contribution is 5.59. The van der Waals surface area contributed by atoms with Crippen LogP contribution in [0.15, 0.2) is 18.2 Å². The van der Waals surface area contributed by atoms with E-state index >= 15 is 0 Å². The van der Waals surface area contributed by atoms with Crippen LogP contribution in [0.1, 0.15) is 27.2 Å². The van der Waals surface area contributed by atoms with Gasteiger partial charge in [0.05, 0.1) is 6.61 Å². The second kappa shape index (κ2) is 6.26. The minimum Gasteiger partial charge on any atom is -0.494 e. The third kappa shape index (κ3) is 4.01. The number of ether oxygens (including phenoxy) is 1. The third-order valence-electron chi connectivity index (χ3n) is 2.59. The van der Waals surface area contributed by atoms with Crippen LogP contribution in [0.5, 0.6) is 5.75 Å². The van der Waals surface area contributed by atoms with E-state index in [0.717, 1.165) is 23.7 Å². The Morgan fingerprint density at radius 2 is 2.06 bits per heavy atom. The van der Waals surface area contributed by atoms with E-state index in [4.69, 9.17) is 10.5 Å². The maximum absolute atomic E-state index is 5.81. The minimum atomic E-state index is 0.661. The number of anilines is 2. The predicted molar refractivity (Wildman–Crippen MR) is 70.0 cm³/mol. The zero-order valence-corrected chi connectivity index (χ0v) is 10.4. The highest BCUT2D eigenvalue weighted by Crippen LogP contribution is 2.22. The summed E-state index contributed by atoms with van der Waals surface area (Å²) in [5.74, 6) is 1.49. The molecular weight excluding hydrogens is 200 g/mol. The van der Waals surface area contributed by atoms with Crippen molar-refractivity contribution in [2.24, 2.45) is 5.92 Å². The zero-order valence-electron chi connectivity index (χ0n) is 10.4. The molecule has 0 aliphatic rings. The molecular formula is C13H22N2O. The monoisotopic (exact) mass is 222 g/mol. The minimum absolute atomic E-state index is 0.661. The van der Waals surface area contributed by atoms with Crippen LogP contribution in [0.25, 0.3) is 0 Å². The Morgan fingerprint density at radius 3 is 2.69 bits per heavy atom. The first-order valence-corrected chi connectivity index (χ1v) is 5.93. The quantitative estimate of drug-likeness (QED) is 0.727. The maximum Gasteiger partial charge on any atom is 0.123 e. The van der Waals surface area contributed by atoms with Gasteiger partial charge >= 0.3 is 0 Å². The van der Waals surface area contributed by atoms with Gasteiger partial charge in [-0.15, -0.1) is 0 Å². The molecule has 1 aromatic carbocycles. The number of nitrogens with two attached hydrogens (primary N) is 1. The molecule has 3 heteroatoms. The van der Waals surface area contributed by atoms with Gasteiger partial charge in [-0.25, -0.2) is 0 Å². The predicted octanol–water partition coefficient (Wildman–Crippen LogP) is 3.13. The average Bonchev–Trinajstić information content (AvgIpc) is 2.25. The number of rotatable bonds is 6. The maximum atomic E-state index is 5.81. The molecule has 0 aliphatic carbocycles. The SMILES string of the molecule is CCOc1cc(N)cc(NCC(C)CC)c1. The van der Waals surface area contributed by atoms with Crippen LogP contribution in [-0.2, 0) is 0 Å². The largest absolute Gasteiger partial charge is 0.494 e. The molecule has 1 unspecified atom stereocenters. The van der Waals surface area contributed by atoms with Gasteiger partial charge in [-0.3, -0.25) is 0 Å². The Hall–Kier alpha value is -1.38. The number of hydrogen-bond donors (Lipinski definition) is 2. The summed E-state index contributed by atoms with van der Waals surface area (Å²) >= 11 is 0. The molecule has 0 radical (unpaired) electrons. The summed E-state index contributed by atoms with van der Waals surface area (Å²) in [5.41, 5.74) is 7.57. The fraction of sp³-hybridized carbons (Fsp3) is 0.538. The molecule has 0 saturated carbocycles. The summed E-state index contributed by atoms with van der Waals surface area (Å²) in [6, 6.07) is 5.77. The fourth-order valence-corrected chi connectivity index (χ4v) is 1.41. The van der Waals surface area contributed by atoms with Crippen molar-refractivity contribution in [3.63, 3.8) is 0 Å². The first kappa shape index (κ1) is 12.7. The molecule has 1 aromatic rings. The highest BCUT2D eigenvalue weighted by Gasteiger charge is 2.02. The number of nitrogen functional groups attached to an aromatic ring is 1. The normalized spacial score (nSPS) is 12.2. The molecule has 16 heavy (non-hydrogen) atoms. The van der Waals surface area contributed by atoms with Crippen molar-refractivity contribution in [3.05, 3.63) is 18.2 Å². The van der Waals surface area contributed by atoms with E-state index in [0.29, 0.717) is 12.5 Å². The molecule has 1 rings (SSSR count). The lowest BCUT2D eigenvalue weighted by molar-refractivity contribution is 0.340. The van der Waals surface area contributed by atoms with Gasteiger partial charge in [0.15, 0.2) is 0 Å². The molecule has 0 aliphatic heterocycles. The smallest absolute Gasteiger partial charge is 0.123 e. The molecule has 0 heterocycles. The lowest BCUT2D eigenvalue weighted by Crippen LogP contribution is -2.10. The second-order valence-corrected chi connectivity index (χ2v) is 4.12. The van der Waals surface area contributed by atoms with Gasteiger partial charge in [0.1, 0.15) is 5.75 Å². The van der Waals surface area contributed by atoms with Crippen molar-refractivity contribution in [2.75, 3.05) is 24.2 Å². The summed E-state index contributed by atoms with van der Waals surface area (Å²) in [5, 5.41) is 3.37. The van der Waals surface area contributed by atoms with Crippen LogP contribution in [0, 0.1) is 5.92 Å². The average molecular weight is 222 g/mol. The van der Waals surface area contributed by atoms with Gasteiger partial charge in [-0.2, -0.15) is 0 Å². The van der Waals surface area contributed by atoms with Crippen LogP contribution < -0.4 is 15.8 Å². The Bertz CT molecular complexity index is 326. The summed E-state index contributed by atoms with van der Waals surface area (Å²) in [4.78, 5) is 0. The van der Waals surface area contributed by atoms with Crippen LogP contribution in [0.4, 0.5) is 11.4 Å². The number of nitrogens with one attached hydrogen (secondary N) is 1. The topological polar surface area (TPSA) is 47.3 Å². The zero-order chi connectivity index (χ0) is 12.0. The van der Waals surface area contributed by atoms with Crippen molar-refractivity contribution < 1.29 is 4.74 Å². The molecule has 0 saturated heterocycles. The van der Waals surface area contributed by atoms with E-state index in [1.165, 1.54) is 6.42 Å². The van der Waals surface area contributed by atoms with Gasteiger partial charge < -0.3 is 15.8 Å². The summed E-state index contributed by atoms with van der Waals surface area (Å²) in [6.07, 6.45) is 1.17. The van der Waals surface area contributed by atoms with Crippen molar-refractivity contribution >= 4 is 11.4 Å². The molecule has 0 spiro atoms. The van der Waals surface area contributed by atoms with E-state index in [-0.39, 0.29) is 0 Å². The Morgan fingerprint density at radius 1 is 1.31 bits per heavy atom. The summed E-state index contributed by atoms with van der Waals surface area (Å²) < 4.78 is 5.44. The van der Waals surface area contributed by atoms with Crippen molar-refractivity contribution in [3.8, 4) is 5.75 Å². The molecule has 3 nitrogen and oxygen atoms in total. The van der Waals surface area contributed by atoms with E-state index < -0.39 is 0 Å². The number of hydrogen-bond acceptors (Lipinski definition) is 3. The van der Waals surface area contributed by atoms with Gasteiger partial charge in [0.2, 0.25) is 0 Å². The van der Waals surface area contributed by atoms with Crippen molar-refractivity contribution in [1.82, 2.24) is 0 Å². The molecule has 1 atom stereocenters. The van der Waals surface area contributed by atoms with Gasteiger partial charge in [-0.05, 0) is 18.9 Å². The second-order valence-electron chi connectivity index (χ2n) is 4.12. The summed E-state index contributed by atoms with van der Waals surface area (Å²) in [6.45, 7) is 8.01. The fourth-order valence-electron chi connectivity index (χ4n) is 1.41. The Kier molecular flexibility index (Phi) is 4.96. The number of benzene rings is 1. The standard InChI is InChI=1S/C13H22N2O/c1-4-10(3)9-15-12-6-11(14)7-13(8-12)16-5-2/h6-8,10,15H,4-5,9,14H2,1-3H3. The Labute approximate surface area is 98.0 Å². The molecule has 0 bridgehead atoms. The Balaban J connectivity index is 2.64. The van der Waals surface area contributed by atoms with Crippen LogP contribution in [0.3, 0.4) is 0 Å². The molecule has 0 aromatic heterocycles. The lowest BCUT2D eigenvalue weighted by Gasteiger charge is -2.13. The van der Waals surface area contributed by atoms with Crippen molar-refractivity contribution in [1.29, 1.82) is 0 Å². The highest BCUT2D eigenvalue weighted by atomic mass is 16.5.